The lowest BCUT2D eigenvalue weighted by atomic mass is 10.1. The van der Waals surface area contributed by atoms with E-state index in [1.54, 1.807) is 20.0 Å². The van der Waals surface area contributed by atoms with E-state index in [4.69, 9.17) is 0 Å². The number of halogens is 1. The minimum atomic E-state index is -0.204. The standard InChI is InChI=1S/C22H27FN4O/c1-16-9-10-17(12-20(16)23)13-26-22(24-2)25-11-5-8-21(28)27-14-18-6-3-4-7-19(18)15-27/h3-4,6-7,9-10,12H,5,8,11,13-15H2,1-2H3,(H2,24,25,26). The fourth-order valence-electron chi connectivity index (χ4n) is 3.27. The third-order valence-electron chi connectivity index (χ3n) is 4.97. The van der Waals surface area contributed by atoms with E-state index in [9.17, 15) is 9.18 Å². The number of carbonyl (C=O) groups excluding carboxylic acids is 1. The number of carbonyl (C=O) groups is 1. The van der Waals surface area contributed by atoms with E-state index in [1.807, 2.05) is 23.1 Å². The molecule has 148 valence electrons. The topological polar surface area (TPSA) is 56.7 Å². The van der Waals surface area contributed by atoms with E-state index in [0.717, 1.165) is 12.0 Å². The lowest BCUT2D eigenvalue weighted by Gasteiger charge is -2.16. The van der Waals surface area contributed by atoms with Crippen LogP contribution < -0.4 is 10.6 Å². The van der Waals surface area contributed by atoms with Gasteiger partial charge in [0.05, 0.1) is 0 Å². The van der Waals surface area contributed by atoms with Crippen molar-refractivity contribution in [3.05, 3.63) is 70.5 Å². The maximum atomic E-state index is 13.6. The smallest absolute Gasteiger partial charge is 0.223 e. The summed E-state index contributed by atoms with van der Waals surface area (Å²) < 4.78 is 13.6. The second-order valence-corrected chi connectivity index (χ2v) is 7.06. The summed E-state index contributed by atoms with van der Waals surface area (Å²) in [6.07, 6.45) is 1.23. The fourth-order valence-corrected chi connectivity index (χ4v) is 3.27. The average Bonchev–Trinajstić information content (AvgIpc) is 3.14. The molecule has 6 heteroatoms. The van der Waals surface area contributed by atoms with E-state index >= 15 is 0 Å². The molecule has 3 rings (SSSR count). The molecule has 2 N–H and O–H groups in total. The summed E-state index contributed by atoms with van der Waals surface area (Å²) in [6.45, 7) is 4.29. The molecule has 28 heavy (non-hydrogen) atoms. The van der Waals surface area contributed by atoms with Crippen molar-refractivity contribution in [1.82, 2.24) is 15.5 Å². The maximum Gasteiger partial charge on any atom is 0.223 e. The molecule has 5 nitrogen and oxygen atoms in total. The van der Waals surface area contributed by atoms with Crippen LogP contribution in [0.4, 0.5) is 4.39 Å². The number of aliphatic imine (C=N–C) groups is 1. The number of hydrogen-bond donors (Lipinski definition) is 2. The first-order chi connectivity index (χ1) is 13.6. The number of hydrogen-bond acceptors (Lipinski definition) is 2. The normalized spacial score (nSPS) is 13.4. The molecule has 0 fully saturated rings. The van der Waals surface area contributed by atoms with Crippen LogP contribution in [-0.4, -0.2) is 30.4 Å². The largest absolute Gasteiger partial charge is 0.356 e. The Labute approximate surface area is 165 Å². The molecule has 0 aromatic heterocycles. The third-order valence-corrected chi connectivity index (χ3v) is 4.97. The molecule has 1 amide bonds. The molecule has 1 aliphatic heterocycles. The summed E-state index contributed by atoms with van der Waals surface area (Å²) in [5.74, 6) is 0.614. The van der Waals surface area contributed by atoms with E-state index < -0.39 is 0 Å². The van der Waals surface area contributed by atoms with E-state index in [-0.39, 0.29) is 11.7 Å². The summed E-state index contributed by atoms with van der Waals surface area (Å²) in [4.78, 5) is 18.5. The molecule has 1 heterocycles. The molecule has 0 bridgehead atoms. The van der Waals surface area contributed by atoms with Crippen molar-refractivity contribution in [2.24, 2.45) is 4.99 Å². The number of guanidine groups is 1. The van der Waals surface area contributed by atoms with Gasteiger partial charge in [0.15, 0.2) is 5.96 Å². The van der Waals surface area contributed by atoms with Crippen molar-refractivity contribution < 1.29 is 9.18 Å². The minimum Gasteiger partial charge on any atom is -0.356 e. The number of nitrogens with zero attached hydrogens (tertiary/aromatic N) is 2. The van der Waals surface area contributed by atoms with Gasteiger partial charge in [-0.15, -0.1) is 0 Å². The number of rotatable bonds is 6. The van der Waals surface area contributed by atoms with Crippen LogP contribution >= 0.6 is 0 Å². The predicted octanol–water partition coefficient (Wildman–Crippen LogP) is 3.12. The summed E-state index contributed by atoms with van der Waals surface area (Å²) >= 11 is 0. The van der Waals surface area contributed by atoms with Crippen molar-refractivity contribution in [3.63, 3.8) is 0 Å². The molecule has 0 aliphatic carbocycles. The van der Waals surface area contributed by atoms with Gasteiger partial charge in [0.25, 0.3) is 0 Å². The molecule has 0 unspecified atom stereocenters. The quantitative estimate of drug-likeness (QED) is 0.459. The summed E-state index contributed by atoms with van der Waals surface area (Å²) in [5, 5.41) is 6.37. The Morgan fingerprint density at radius 1 is 1.14 bits per heavy atom. The monoisotopic (exact) mass is 382 g/mol. The number of aryl methyl sites for hydroxylation is 1. The van der Waals surface area contributed by atoms with Crippen molar-refractivity contribution in [1.29, 1.82) is 0 Å². The average molecular weight is 382 g/mol. The van der Waals surface area contributed by atoms with Crippen LogP contribution in [0.1, 0.15) is 35.1 Å². The molecule has 0 saturated carbocycles. The summed E-state index contributed by atoms with van der Waals surface area (Å²) in [5.41, 5.74) is 3.98. The first-order valence-electron chi connectivity index (χ1n) is 9.61. The third kappa shape index (κ3) is 5.09. The second-order valence-electron chi connectivity index (χ2n) is 7.06. The van der Waals surface area contributed by atoms with Crippen LogP contribution in [0.2, 0.25) is 0 Å². The van der Waals surface area contributed by atoms with E-state index in [1.165, 1.54) is 17.2 Å². The lowest BCUT2D eigenvalue weighted by Crippen LogP contribution is -2.37. The highest BCUT2D eigenvalue weighted by Gasteiger charge is 2.22. The van der Waals surface area contributed by atoms with Crippen molar-refractivity contribution in [3.8, 4) is 0 Å². The highest BCUT2D eigenvalue weighted by atomic mass is 19.1. The van der Waals surface area contributed by atoms with E-state index in [2.05, 4.69) is 27.8 Å². The van der Waals surface area contributed by atoms with Crippen LogP contribution in [0, 0.1) is 12.7 Å². The molecule has 0 radical (unpaired) electrons. The zero-order valence-electron chi connectivity index (χ0n) is 16.5. The Morgan fingerprint density at radius 3 is 2.50 bits per heavy atom. The first-order valence-corrected chi connectivity index (χ1v) is 9.61. The number of benzene rings is 2. The van der Waals surface area contributed by atoms with Gasteiger partial charge in [-0.25, -0.2) is 4.39 Å². The first kappa shape index (κ1) is 19.9. The van der Waals surface area contributed by atoms with Gasteiger partial charge in [0.2, 0.25) is 5.91 Å². The van der Waals surface area contributed by atoms with Gasteiger partial charge in [-0.2, -0.15) is 0 Å². The fraction of sp³-hybridized carbons (Fsp3) is 0.364. The van der Waals surface area contributed by atoms with Gasteiger partial charge < -0.3 is 15.5 Å². The number of amides is 1. The molecular formula is C22H27FN4O. The van der Waals surface area contributed by atoms with Crippen LogP contribution in [0.25, 0.3) is 0 Å². The zero-order valence-corrected chi connectivity index (χ0v) is 16.5. The van der Waals surface area contributed by atoms with Gasteiger partial charge in [0.1, 0.15) is 5.82 Å². The molecular weight excluding hydrogens is 355 g/mol. The van der Waals surface area contributed by atoms with Gasteiger partial charge in [-0.1, -0.05) is 36.4 Å². The van der Waals surface area contributed by atoms with Crippen LogP contribution in [0.3, 0.4) is 0 Å². The number of nitrogens with one attached hydrogen (secondary N) is 2. The molecule has 2 aromatic rings. The van der Waals surface area contributed by atoms with Gasteiger partial charge >= 0.3 is 0 Å². The lowest BCUT2D eigenvalue weighted by molar-refractivity contribution is -0.131. The molecule has 2 aromatic carbocycles. The van der Waals surface area contributed by atoms with Crippen molar-refractivity contribution in [2.75, 3.05) is 13.6 Å². The maximum absolute atomic E-state index is 13.6. The Kier molecular flexibility index (Phi) is 6.63. The van der Waals surface area contributed by atoms with E-state index in [0.29, 0.717) is 44.1 Å². The minimum absolute atomic E-state index is 0.177. The van der Waals surface area contributed by atoms with Gasteiger partial charge in [-0.3, -0.25) is 9.79 Å². The molecule has 0 atom stereocenters. The SMILES string of the molecule is CN=C(NCCCC(=O)N1Cc2ccccc2C1)NCc1ccc(C)c(F)c1. The Hall–Kier alpha value is -2.89. The van der Waals surface area contributed by atoms with Gasteiger partial charge in [-0.05, 0) is 41.7 Å². The molecule has 1 aliphatic rings. The van der Waals surface area contributed by atoms with Crippen LogP contribution in [0.5, 0.6) is 0 Å². The number of fused-ring (bicyclic) bond motifs is 1. The van der Waals surface area contributed by atoms with Crippen molar-refractivity contribution >= 4 is 11.9 Å². The predicted molar refractivity (Wildman–Crippen MR) is 109 cm³/mol. The Bertz CT molecular complexity index is 840. The highest BCUT2D eigenvalue weighted by molar-refractivity contribution is 5.80. The Morgan fingerprint density at radius 2 is 1.86 bits per heavy atom. The summed E-state index contributed by atoms with van der Waals surface area (Å²) in [7, 11) is 1.69. The molecule has 0 saturated heterocycles. The van der Waals surface area contributed by atoms with Crippen LogP contribution in [-0.2, 0) is 24.4 Å². The second kappa shape index (κ2) is 9.35. The zero-order chi connectivity index (χ0) is 19.9. The van der Waals surface area contributed by atoms with Gasteiger partial charge in [0, 0.05) is 39.6 Å². The highest BCUT2D eigenvalue weighted by Crippen LogP contribution is 2.22. The Balaban J connectivity index is 1.37. The van der Waals surface area contributed by atoms with Crippen LogP contribution in [0.15, 0.2) is 47.5 Å². The molecule has 0 spiro atoms. The van der Waals surface area contributed by atoms with Crippen molar-refractivity contribution in [2.45, 2.75) is 39.4 Å². The summed E-state index contributed by atoms with van der Waals surface area (Å²) in [6, 6.07) is 13.4.